The van der Waals surface area contributed by atoms with E-state index in [9.17, 15) is 4.79 Å². The van der Waals surface area contributed by atoms with E-state index in [1.54, 1.807) is 47.7 Å². The van der Waals surface area contributed by atoms with E-state index in [4.69, 9.17) is 27.9 Å². The number of hydrogen-bond donors (Lipinski definition) is 0. The number of halogens is 2. The van der Waals surface area contributed by atoms with Gasteiger partial charge in [0.25, 0.3) is 5.91 Å². The minimum absolute atomic E-state index is 0.0598. The van der Waals surface area contributed by atoms with Crippen LogP contribution >= 0.6 is 34.5 Å². The van der Waals surface area contributed by atoms with E-state index in [-0.39, 0.29) is 12.5 Å². The summed E-state index contributed by atoms with van der Waals surface area (Å²) in [5, 5.41) is 3.85. The van der Waals surface area contributed by atoms with Crippen molar-refractivity contribution in [1.82, 2.24) is 9.88 Å². The lowest BCUT2D eigenvalue weighted by molar-refractivity contribution is -0.132. The van der Waals surface area contributed by atoms with Gasteiger partial charge in [-0.15, -0.1) is 11.3 Å². The molecule has 1 heterocycles. The molecule has 0 N–H and O–H groups in total. The van der Waals surface area contributed by atoms with E-state index in [1.165, 1.54) is 0 Å². The molecule has 21 heavy (non-hydrogen) atoms. The minimum Gasteiger partial charge on any atom is -0.482 e. The summed E-state index contributed by atoms with van der Waals surface area (Å²) in [6.45, 7) is 0.541. The van der Waals surface area contributed by atoms with Crippen LogP contribution in [0.4, 0.5) is 0 Å². The van der Waals surface area contributed by atoms with Crippen LogP contribution < -0.4 is 4.74 Å². The second kappa shape index (κ2) is 7.64. The second-order valence-corrected chi connectivity index (χ2v) is 6.18. The third-order valence-electron chi connectivity index (χ3n) is 2.82. The molecule has 0 saturated heterocycles. The Bertz CT molecular complexity index is 605. The fraction of sp³-hybridized carbons (Fsp3) is 0.286. The molecule has 1 amide bonds. The van der Waals surface area contributed by atoms with Gasteiger partial charge in [0, 0.05) is 36.6 Å². The molecule has 0 unspecified atom stereocenters. The van der Waals surface area contributed by atoms with Gasteiger partial charge in [-0.1, -0.05) is 23.2 Å². The van der Waals surface area contributed by atoms with E-state index in [1.807, 2.05) is 5.38 Å². The average Bonchev–Trinajstić information content (AvgIpc) is 2.96. The molecule has 0 aliphatic carbocycles. The highest BCUT2D eigenvalue weighted by Gasteiger charge is 2.11. The number of thiazole rings is 1. The van der Waals surface area contributed by atoms with Crippen molar-refractivity contribution in [2.24, 2.45) is 0 Å². The van der Waals surface area contributed by atoms with Crippen LogP contribution in [0.5, 0.6) is 5.75 Å². The molecule has 1 aromatic heterocycles. The summed E-state index contributed by atoms with van der Waals surface area (Å²) in [7, 11) is 1.74. The number of benzene rings is 1. The maximum absolute atomic E-state index is 12.0. The molecular formula is C14H14Cl2N2O2S. The summed E-state index contributed by atoms with van der Waals surface area (Å²) in [6, 6.07) is 4.89. The van der Waals surface area contributed by atoms with Crippen molar-refractivity contribution < 1.29 is 9.53 Å². The zero-order chi connectivity index (χ0) is 15.2. The van der Waals surface area contributed by atoms with Crippen molar-refractivity contribution in [2.75, 3.05) is 20.2 Å². The average molecular weight is 345 g/mol. The van der Waals surface area contributed by atoms with Crippen molar-refractivity contribution in [3.05, 3.63) is 44.8 Å². The molecule has 0 atom stereocenters. The Balaban J connectivity index is 1.80. The van der Waals surface area contributed by atoms with Gasteiger partial charge in [0.1, 0.15) is 5.75 Å². The first-order valence-corrected chi connectivity index (χ1v) is 7.90. The van der Waals surface area contributed by atoms with Crippen molar-refractivity contribution in [3.8, 4) is 5.75 Å². The SMILES string of the molecule is CN(CCc1nccs1)C(=O)COc1ccc(Cl)cc1Cl. The molecule has 4 nitrogen and oxygen atoms in total. The highest BCUT2D eigenvalue weighted by Crippen LogP contribution is 2.27. The molecule has 0 aliphatic heterocycles. The van der Waals surface area contributed by atoms with Crippen molar-refractivity contribution in [3.63, 3.8) is 0 Å². The van der Waals surface area contributed by atoms with Gasteiger partial charge >= 0.3 is 0 Å². The Morgan fingerprint density at radius 3 is 2.90 bits per heavy atom. The first-order valence-electron chi connectivity index (χ1n) is 6.26. The number of hydrogen-bond acceptors (Lipinski definition) is 4. The molecule has 0 radical (unpaired) electrons. The number of nitrogens with zero attached hydrogens (tertiary/aromatic N) is 2. The van der Waals surface area contributed by atoms with Crippen LogP contribution in [0.25, 0.3) is 0 Å². The van der Waals surface area contributed by atoms with Crippen molar-refractivity contribution >= 4 is 40.4 Å². The van der Waals surface area contributed by atoms with Crippen LogP contribution in [0.3, 0.4) is 0 Å². The van der Waals surface area contributed by atoms with Gasteiger partial charge in [0.2, 0.25) is 0 Å². The normalized spacial score (nSPS) is 10.4. The molecule has 0 aliphatic rings. The summed E-state index contributed by atoms with van der Waals surface area (Å²) in [6.07, 6.45) is 2.50. The Hall–Kier alpha value is -1.30. The number of carbonyl (C=O) groups excluding carboxylic acids is 1. The van der Waals surface area contributed by atoms with E-state index < -0.39 is 0 Å². The second-order valence-electron chi connectivity index (χ2n) is 4.35. The highest BCUT2D eigenvalue weighted by atomic mass is 35.5. The number of amides is 1. The van der Waals surface area contributed by atoms with E-state index in [0.717, 1.165) is 11.4 Å². The molecule has 2 rings (SSSR count). The smallest absolute Gasteiger partial charge is 0.260 e. The van der Waals surface area contributed by atoms with Gasteiger partial charge in [0.15, 0.2) is 6.61 Å². The topological polar surface area (TPSA) is 42.4 Å². The lowest BCUT2D eigenvalue weighted by Gasteiger charge is -2.17. The summed E-state index contributed by atoms with van der Waals surface area (Å²) >= 11 is 13.4. The summed E-state index contributed by atoms with van der Waals surface area (Å²) in [5.41, 5.74) is 0. The molecule has 7 heteroatoms. The van der Waals surface area contributed by atoms with Crippen LogP contribution in [0, 0.1) is 0 Å². The number of aromatic nitrogens is 1. The van der Waals surface area contributed by atoms with Crippen LogP contribution in [-0.4, -0.2) is 36.0 Å². The molecule has 0 saturated carbocycles. The lowest BCUT2D eigenvalue weighted by Crippen LogP contribution is -2.33. The molecule has 1 aromatic carbocycles. The van der Waals surface area contributed by atoms with Crippen molar-refractivity contribution in [1.29, 1.82) is 0 Å². The van der Waals surface area contributed by atoms with E-state index >= 15 is 0 Å². The Kier molecular flexibility index (Phi) is 5.85. The first kappa shape index (κ1) is 16.1. The number of likely N-dealkylation sites (N-methyl/N-ethyl adjacent to an activating group) is 1. The number of carbonyl (C=O) groups is 1. The van der Waals surface area contributed by atoms with Crippen LogP contribution in [0.15, 0.2) is 29.8 Å². The van der Waals surface area contributed by atoms with Crippen molar-refractivity contribution in [2.45, 2.75) is 6.42 Å². The molecule has 2 aromatic rings. The predicted octanol–water partition coefficient (Wildman–Crippen LogP) is 3.53. The maximum atomic E-state index is 12.0. The summed E-state index contributed by atoms with van der Waals surface area (Å²) < 4.78 is 5.42. The van der Waals surface area contributed by atoms with E-state index in [2.05, 4.69) is 4.98 Å². The standard InChI is InChI=1S/C14H14Cl2N2O2S/c1-18(6-4-13-17-5-7-21-13)14(19)9-20-12-3-2-10(15)8-11(12)16/h2-3,5,7-8H,4,6,9H2,1H3. The Morgan fingerprint density at radius 1 is 1.43 bits per heavy atom. The fourth-order valence-electron chi connectivity index (χ4n) is 1.61. The van der Waals surface area contributed by atoms with Crippen LogP contribution in [0.1, 0.15) is 5.01 Å². The molecule has 112 valence electrons. The first-order chi connectivity index (χ1) is 10.1. The zero-order valence-electron chi connectivity index (χ0n) is 11.4. The number of ether oxygens (including phenoxy) is 1. The third-order valence-corrected chi connectivity index (χ3v) is 4.19. The van der Waals surface area contributed by atoms with Gasteiger partial charge in [0.05, 0.1) is 10.0 Å². The molecule has 0 bridgehead atoms. The minimum atomic E-state index is -0.113. The van der Waals surface area contributed by atoms with Crippen LogP contribution in [-0.2, 0) is 11.2 Å². The van der Waals surface area contributed by atoms with Gasteiger partial charge in [-0.05, 0) is 18.2 Å². The summed E-state index contributed by atoms with van der Waals surface area (Å²) in [5.74, 6) is 0.334. The Labute approximate surface area is 137 Å². The van der Waals surface area contributed by atoms with Gasteiger partial charge in [-0.3, -0.25) is 4.79 Å². The number of rotatable bonds is 6. The lowest BCUT2D eigenvalue weighted by atomic mass is 10.3. The predicted molar refractivity (Wildman–Crippen MR) is 85.4 cm³/mol. The van der Waals surface area contributed by atoms with Gasteiger partial charge in [-0.25, -0.2) is 4.98 Å². The zero-order valence-corrected chi connectivity index (χ0v) is 13.7. The highest BCUT2D eigenvalue weighted by molar-refractivity contribution is 7.09. The van der Waals surface area contributed by atoms with Crippen LogP contribution in [0.2, 0.25) is 10.0 Å². The van der Waals surface area contributed by atoms with Gasteiger partial charge < -0.3 is 9.64 Å². The largest absolute Gasteiger partial charge is 0.482 e. The third kappa shape index (κ3) is 4.88. The quantitative estimate of drug-likeness (QED) is 0.804. The molecule has 0 fully saturated rings. The summed E-state index contributed by atoms with van der Waals surface area (Å²) in [4.78, 5) is 17.8. The molecule has 0 spiro atoms. The van der Waals surface area contributed by atoms with E-state index in [0.29, 0.717) is 22.3 Å². The van der Waals surface area contributed by atoms with Gasteiger partial charge in [-0.2, -0.15) is 0 Å². The molecular weight excluding hydrogens is 331 g/mol. The monoisotopic (exact) mass is 344 g/mol. The fourth-order valence-corrected chi connectivity index (χ4v) is 2.68. The Morgan fingerprint density at radius 2 is 2.24 bits per heavy atom. The maximum Gasteiger partial charge on any atom is 0.260 e.